The Morgan fingerprint density at radius 2 is 1.92 bits per heavy atom. The zero-order chi connectivity index (χ0) is 17.5. The lowest BCUT2D eigenvalue weighted by atomic mass is 9.99. The maximum Gasteiger partial charge on any atom is 0.253 e. The highest BCUT2D eigenvalue weighted by Gasteiger charge is 2.21. The highest BCUT2D eigenvalue weighted by atomic mass is 32.2. The summed E-state index contributed by atoms with van der Waals surface area (Å²) >= 11 is 1.78. The molecule has 0 aliphatic carbocycles. The van der Waals surface area contributed by atoms with Gasteiger partial charge in [-0.3, -0.25) is 4.79 Å². The summed E-state index contributed by atoms with van der Waals surface area (Å²) in [6.07, 6.45) is 2.32. The van der Waals surface area contributed by atoms with E-state index in [1.165, 1.54) is 11.3 Å². The molecule has 1 aliphatic rings. The lowest BCUT2D eigenvalue weighted by Crippen LogP contribution is -2.39. The Hall–Kier alpha value is -1.94. The minimum Gasteiger partial charge on any atom is -0.493 e. The summed E-state index contributed by atoms with van der Waals surface area (Å²) in [5.41, 5.74) is 0.750. The normalized spacial score (nSPS) is 17.3. The lowest BCUT2D eigenvalue weighted by molar-refractivity contribution is 0.0683. The van der Waals surface area contributed by atoms with Crippen LogP contribution >= 0.6 is 11.8 Å². The Labute approximate surface area is 154 Å². The quantitative estimate of drug-likeness (QED) is 0.554. The van der Waals surface area contributed by atoms with E-state index in [-0.39, 0.29) is 5.91 Å². The molecule has 0 spiro atoms. The number of hydrogen-bond donors (Lipinski definition) is 0. The minimum absolute atomic E-state index is 0.137. The van der Waals surface area contributed by atoms with Crippen LogP contribution in [0.2, 0.25) is 0 Å². The monoisotopic (exact) mass is 355 g/mol. The summed E-state index contributed by atoms with van der Waals surface area (Å²) in [5, 5.41) is 0. The molecule has 2 aromatic carbocycles. The van der Waals surface area contributed by atoms with Crippen LogP contribution in [0, 0.1) is 5.92 Å². The number of hydrogen-bond acceptors (Lipinski definition) is 3. The van der Waals surface area contributed by atoms with E-state index < -0.39 is 0 Å². The van der Waals surface area contributed by atoms with Crippen molar-refractivity contribution < 1.29 is 9.53 Å². The molecule has 2 aromatic rings. The van der Waals surface area contributed by atoms with Gasteiger partial charge in [0.05, 0.1) is 6.61 Å². The molecular formula is C21H25NO2S. The number of thioether (sulfide) groups is 1. The first-order chi connectivity index (χ1) is 12.2. The molecule has 132 valence electrons. The van der Waals surface area contributed by atoms with Gasteiger partial charge in [-0.1, -0.05) is 25.1 Å². The van der Waals surface area contributed by atoms with Crippen molar-refractivity contribution in [2.75, 3.05) is 25.4 Å². The zero-order valence-corrected chi connectivity index (χ0v) is 15.5. The van der Waals surface area contributed by atoms with Crippen molar-refractivity contribution in [2.45, 2.75) is 24.7 Å². The molecule has 0 N–H and O–H groups in total. The van der Waals surface area contributed by atoms with Crippen molar-refractivity contribution in [3.63, 3.8) is 0 Å². The van der Waals surface area contributed by atoms with Gasteiger partial charge in [-0.25, -0.2) is 0 Å². The fourth-order valence-electron chi connectivity index (χ4n) is 3.09. The van der Waals surface area contributed by atoms with E-state index in [2.05, 4.69) is 19.1 Å². The Kier molecular flexibility index (Phi) is 6.40. The van der Waals surface area contributed by atoms with Crippen LogP contribution in [0.3, 0.4) is 0 Å². The first-order valence-electron chi connectivity index (χ1n) is 8.92. The highest BCUT2D eigenvalue weighted by Crippen LogP contribution is 2.20. The molecule has 1 amide bonds. The number of carbonyl (C=O) groups excluding carboxylic acids is 1. The minimum atomic E-state index is 0.137. The van der Waals surface area contributed by atoms with Crippen molar-refractivity contribution in [1.82, 2.24) is 4.90 Å². The molecule has 3 nitrogen and oxygen atoms in total. The number of likely N-dealkylation sites (tertiary alicyclic amines) is 1. The number of piperidine rings is 1. The fraction of sp³-hybridized carbons (Fsp3) is 0.381. The number of benzene rings is 2. The summed E-state index contributed by atoms with van der Waals surface area (Å²) in [7, 11) is 0. The Bertz CT molecular complexity index is 672. The number of carbonyl (C=O) groups is 1. The van der Waals surface area contributed by atoms with Crippen LogP contribution in [-0.4, -0.2) is 36.3 Å². The van der Waals surface area contributed by atoms with Gasteiger partial charge < -0.3 is 9.64 Å². The van der Waals surface area contributed by atoms with Gasteiger partial charge in [-0.2, -0.15) is 0 Å². The predicted molar refractivity (Wildman–Crippen MR) is 103 cm³/mol. The number of ether oxygens (including phenoxy) is 1. The van der Waals surface area contributed by atoms with Crippen LogP contribution < -0.4 is 4.74 Å². The lowest BCUT2D eigenvalue weighted by Gasteiger charge is -2.31. The van der Waals surface area contributed by atoms with E-state index in [1.54, 1.807) is 11.8 Å². The van der Waals surface area contributed by atoms with Crippen LogP contribution in [-0.2, 0) is 0 Å². The summed E-state index contributed by atoms with van der Waals surface area (Å²) in [6.45, 7) is 4.60. The second-order valence-electron chi connectivity index (χ2n) is 6.53. The SMILES string of the molecule is C[C@H]1CCCN(C(=O)c2ccc(OCCSc3ccccc3)cc2)C1. The average molecular weight is 356 g/mol. The van der Waals surface area contributed by atoms with E-state index in [0.717, 1.165) is 36.6 Å². The molecule has 4 heteroatoms. The van der Waals surface area contributed by atoms with Crippen molar-refractivity contribution in [3.8, 4) is 5.75 Å². The maximum atomic E-state index is 12.6. The molecule has 0 bridgehead atoms. The van der Waals surface area contributed by atoms with E-state index in [4.69, 9.17) is 4.74 Å². The average Bonchev–Trinajstić information content (AvgIpc) is 2.66. The number of rotatable bonds is 6. The Morgan fingerprint density at radius 1 is 1.16 bits per heavy atom. The standard InChI is InChI=1S/C21H25NO2S/c1-17-6-5-13-22(16-17)21(23)18-9-11-19(12-10-18)24-14-15-25-20-7-3-2-4-8-20/h2-4,7-12,17H,5-6,13-16H2,1H3/t17-/m0/s1. The van der Waals surface area contributed by atoms with Crippen LogP contribution in [0.5, 0.6) is 5.75 Å². The largest absolute Gasteiger partial charge is 0.493 e. The zero-order valence-electron chi connectivity index (χ0n) is 14.7. The van der Waals surface area contributed by atoms with E-state index >= 15 is 0 Å². The fourth-order valence-corrected chi connectivity index (χ4v) is 3.84. The van der Waals surface area contributed by atoms with Crippen LogP contribution in [0.4, 0.5) is 0 Å². The summed E-state index contributed by atoms with van der Waals surface area (Å²) in [4.78, 5) is 15.8. The van der Waals surface area contributed by atoms with Gasteiger partial charge in [0, 0.05) is 29.3 Å². The first-order valence-corrected chi connectivity index (χ1v) is 9.91. The van der Waals surface area contributed by atoms with Gasteiger partial charge >= 0.3 is 0 Å². The topological polar surface area (TPSA) is 29.5 Å². The molecule has 1 heterocycles. The summed E-state index contributed by atoms with van der Waals surface area (Å²) in [6, 6.07) is 17.9. The van der Waals surface area contributed by atoms with Gasteiger partial charge in [0.15, 0.2) is 0 Å². The molecule has 0 saturated carbocycles. The predicted octanol–water partition coefficient (Wildman–Crippen LogP) is 4.73. The number of amides is 1. The molecule has 25 heavy (non-hydrogen) atoms. The van der Waals surface area contributed by atoms with Crippen molar-refractivity contribution in [1.29, 1.82) is 0 Å². The van der Waals surface area contributed by atoms with E-state index in [9.17, 15) is 4.79 Å². The molecule has 1 aliphatic heterocycles. The van der Waals surface area contributed by atoms with Gasteiger partial charge in [0.25, 0.3) is 5.91 Å². The molecule has 1 fully saturated rings. The third-order valence-electron chi connectivity index (χ3n) is 4.41. The first kappa shape index (κ1) is 17.9. The van der Waals surface area contributed by atoms with Crippen LogP contribution in [0.25, 0.3) is 0 Å². The van der Waals surface area contributed by atoms with Gasteiger partial charge in [-0.05, 0) is 55.2 Å². The number of nitrogens with zero attached hydrogens (tertiary/aromatic N) is 1. The van der Waals surface area contributed by atoms with Crippen molar-refractivity contribution >= 4 is 17.7 Å². The Balaban J connectivity index is 1.46. The van der Waals surface area contributed by atoms with Crippen LogP contribution in [0.1, 0.15) is 30.1 Å². The van der Waals surface area contributed by atoms with Gasteiger partial charge in [0.2, 0.25) is 0 Å². The molecular weight excluding hydrogens is 330 g/mol. The van der Waals surface area contributed by atoms with E-state index in [0.29, 0.717) is 12.5 Å². The summed E-state index contributed by atoms with van der Waals surface area (Å²) in [5.74, 6) is 2.45. The molecule has 0 unspecified atom stereocenters. The highest BCUT2D eigenvalue weighted by molar-refractivity contribution is 7.99. The van der Waals surface area contributed by atoms with Gasteiger partial charge in [-0.15, -0.1) is 11.8 Å². The van der Waals surface area contributed by atoms with E-state index in [1.807, 2.05) is 47.4 Å². The summed E-state index contributed by atoms with van der Waals surface area (Å²) < 4.78 is 5.78. The molecule has 1 atom stereocenters. The smallest absolute Gasteiger partial charge is 0.253 e. The Morgan fingerprint density at radius 3 is 2.64 bits per heavy atom. The third kappa shape index (κ3) is 5.27. The third-order valence-corrected chi connectivity index (χ3v) is 5.39. The van der Waals surface area contributed by atoms with Crippen molar-refractivity contribution in [2.24, 2.45) is 5.92 Å². The second-order valence-corrected chi connectivity index (χ2v) is 7.70. The molecule has 0 aromatic heterocycles. The molecule has 1 saturated heterocycles. The van der Waals surface area contributed by atoms with Crippen LogP contribution in [0.15, 0.2) is 59.5 Å². The van der Waals surface area contributed by atoms with Gasteiger partial charge in [0.1, 0.15) is 5.75 Å². The molecule has 3 rings (SSSR count). The second kappa shape index (κ2) is 8.95. The van der Waals surface area contributed by atoms with Crippen molar-refractivity contribution in [3.05, 3.63) is 60.2 Å². The maximum absolute atomic E-state index is 12.6. The molecule has 0 radical (unpaired) electrons.